The van der Waals surface area contributed by atoms with Crippen LogP contribution in [0.15, 0.2) is 36.7 Å². The lowest BCUT2D eigenvalue weighted by Crippen LogP contribution is -2.47. The van der Waals surface area contributed by atoms with Crippen LogP contribution in [0, 0.1) is 0 Å². The summed E-state index contributed by atoms with van der Waals surface area (Å²) in [6.45, 7) is 0.616. The predicted molar refractivity (Wildman–Crippen MR) is 105 cm³/mol. The Balaban J connectivity index is 1.80. The van der Waals surface area contributed by atoms with Gasteiger partial charge in [0.15, 0.2) is 0 Å². The highest BCUT2D eigenvalue weighted by atomic mass is 35.5. The molecule has 1 amide bonds. The zero-order valence-electron chi connectivity index (χ0n) is 15.1. The Kier molecular flexibility index (Phi) is 6.58. The molecule has 7 heteroatoms. The molecular weight excluding hydrogens is 387 g/mol. The molecule has 1 unspecified atom stereocenters. The van der Waals surface area contributed by atoms with Gasteiger partial charge in [0.2, 0.25) is 5.91 Å². The number of ether oxygens (including phenoxy) is 1. The van der Waals surface area contributed by atoms with Crippen molar-refractivity contribution in [3.05, 3.63) is 57.8 Å². The van der Waals surface area contributed by atoms with E-state index in [0.717, 1.165) is 24.8 Å². The molecule has 144 valence electrons. The summed E-state index contributed by atoms with van der Waals surface area (Å²) in [5.41, 5.74) is 1.39. The number of pyridine rings is 1. The number of aliphatic hydroxyl groups excluding tert-OH is 1. The second kappa shape index (κ2) is 8.91. The van der Waals surface area contributed by atoms with Gasteiger partial charge >= 0.3 is 0 Å². The Labute approximate surface area is 168 Å². The summed E-state index contributed by atoms with van der Waals surface area (Å²) in [5, 5.41) is 11.9. The van der Waals surface area contributed by atoms with Gasteiger partial charge in [0.1, 0.15) is 11.9 Å². The first-order chi connectivity index (χ1) is 13.0. The van der Waals surface area contributed by atoms with E-state index in [9.17, 15) is 9.90 Å². The Morgan fingerprint density at radius 3 is 2.89 bits per heavy atom. The van der Waals surface area contributed by atoms with E-state index in [1.807, 2.05) is 0 Å². The van der Waals surface area contributed by atoms with Crippen molar-refractivity contribution in [3.63, 3.8) is 0 Å². The van der Waals surface area contributed by atoms with Gasteiger partial charge in [-0.3, -0.25) is 9.78 Å². The number of aromatic nitrogens is 1. The Bertz CT molecular complexity index is 816. The summed E-state index contributed by atoms with van der Waals surface area (Å²) in [7, 11) is 1.56. The number of piperidine rings is 1. The molecule has 1 saturated heterocycles. The Morgan fingerprint density at radius 1 is 1.33 bits per heavy atom. The zero-order chi connectivity index (χ0) is 19.4. The second-order valence-corrected chi connectivity index (χ2v) is 7.45. The van der Waals surface area contributed by atoms with Crippen LogP contribution < -0.4 is 4.74 Å². The van der Waals surface area contributed by atoms with Crippen molar-refractivity contribution in [2.75, 3.05) is 13.7 Å². The molecule has 0 radical (unpaired) electrons. The topological polar surface area (TPSA) is 62.7 Å². The first-order valence-electron chi connectivity index (χ1n) is 8.90. The van der Waals surface area contributed by atoms with Crippen molar-refractivity contribution in [1.29, 1.82) is 0 Å². The van der Waals surface area contributed by atoms with Crippen molar-refractivity contribution in [1.82, 2.24) is 9.88 Å². The third kappa shape index (κ3) is 4.54. The fourth-order valence-electron chi connectivity index (χ4n) is 3.53. The zero-order valence-corrected chi connectivity index (χ0v) is 16.6. The largest absolute Gasteiger partial charge is 0.496 e. The van der Waals surface area contributed by atoms with Gasteiger partial charge in [0, 0.05) is 24.5 Å². The van der Waals surface area contributed by atoms with Crippen molar-refractivity contribution in [2.45, 2.75) is 37.8 Å². The van der Waals surface area contributed by atoms with Gasteiger partial charge in [-0.15, -0.1) is 0 Å². The Hall–Kier alpha value is -1.82. The molecular formula is C20H22Cl2N2O3. The molecule has 0 bridgehead atoms. The third-order valence-corrected chi connectivity index (χ3v) is 5.66. The first kappa shape index (κ1) is 19.9. The van der Waals surface area contributed by atoms with Crippen LogP contribution in [-0.4, -0.2) is 40.6 Å². The van der Waals surface area contributed by atoms with Crippen LogP contribution in [0.1, 0.15) is 36.5 Å². The van der Waals surface area contributed by atoms with Crippen LogP contribution in [-0.2, 0) is 11.2 Å². The number of hydrogen-bond acceptors (Lipinski definition) is 4. The molecule has 2 heterocycles. The summed E-state index contributed by atoms with van der Waals surface area (Å²) in [4.78, 5) is 18.8. The normalized spacial score (nSPS) is 18.2. The highest BCUT2D eigenvalue weighted by molar-refractivity contribution is 6.42. The minimum absolute atomic E-state index is 0.0417. The summed E-state index contributed by atoms with van der Waals surface area (Å²) < 4.78 is 5.34. The van der Waals surface area contributed by atoms with E-state index < -0.39 is 6.10 Å². The number of methoxy groups -OCH3 is 1. The lowest BCUT2D eigenvalue weighted by molar-refractivity contribution is -0.137. The van der Waals surface area contributed by atoms with Crippen LogP contribution in [0.3, 0.4) is 0 Å². The smallest absolute Gasteiger partial charge is 0.227 e. The van der Waals surface area contributed by atoms with Crippen LogP contribution in [0.25, 0.3) is 0 Å². The highest BCUT2D eigenvalue weighted by Crippen LogP contribution is 2.33. The van der Waals surface area contributed by atoms with E-state index in [2.05, 4.69) is 4.98 Å². The maximum absolute atomic E-state index is 13.0. The third-order valence-electron chi connectivity index (χ3n) is 4.92. The minimum Gasteiger partial charge on any atom is -0.496 e. The molecule has 3 rings (SSSR count). The maximum Gasteiger partial charge on any atom is 0.227 e. The molecule has 1 N–H and O–H groups in total. The summed E-state index contributed by atoms with van der Waals surface area (Å²) in [5.74, 6) is 0.528. The average molecular weight is 409 g/mol. The predicted octanol–water partition coefficient (Wildman–Crippen LogP) is 4.05. The average Bonchev–Trinajstić information content (AvgIpc) is 2.70. The number of halogens is 2. The second-order valence-electron chi connectivity index (χ2n) is 6.64. The molecule has 2 aromatic rings. The fourth-order valence-corrected chi connectivity index (χ4v) is 3.85. The molecule has 1 aromatic heterocycles. The molecule has 1 aromatic carbocycles. The molecule has 0 aliphatic carbocycles. The molecule has 2 atom stereocenters. The number of likely N-dealkylation sites (tertiary alicyclic amines) is 1. The van der Waals surface area contributed by atoms with Gasteiger partial charge < -0.3 is 14.7 Å². The standard InChI is InChI=1S/C20H22Cl2N2O3/c1-27-18-7-8-23-12-14(18)20(26)17-4-2-3-9-24(17)19(25)11-13-5-6-15(21)16(22)10-13/h5-8,10,12,17,20,26H,2-4,9,11H2,1H3/t17-,20?/m0/s1. The SMILES string of the molecule is COc1ccncc1C(O)[C@@H]1CCCCN1C(=O)Cc1ccc(Cl)c(Cl)c1. The molecule has 5 nitrogen and oxygen atoms in total. The van der Waals surface area contributed by atoms with Crippen LogP contribution in [0.2, 0.25) is 10.0 Å². The molecule has 1 fully saturated rings. The van der Waals surface area contributed by atoms with Crippen LogP contribution in [0.4, 0.5) is 0 Å². The van der Waals surface area contributed by atoms with E-state index in [0.29, 0.717) is 27.9 Å². The molecule has 27 heavy (non-hydrogen) atoms. The van der Waals surface area contributed by atoms with E-state index in [1.54, 1.807) is 48.7 Å². The van der Waals surface area contributed by atoms with Crippen molar-refractivity contribution in [3.8, 4) is 5.75 Å². The van der Waals surface area contributed by atoms with Crippen molar-refractivity contribution < 1.29 is 14.6 Å². The number of aliphatic hydroxyl groups is 1. The molecule has 0 saturated carbocycles. The number of carbonyl (C=O) groups excluding carboxylic acids is 1. The van der Waals surface area contributed by atoms with Crippen molar-refractivity contribution >= 4 is 29.1 Å². The van der Waals surface area contributed by atoms with E-state index >= 15 is 0 Å². The molecule has 0 spiro atoms. The van der Waals surface area contributed by atoms with Gasteiger partial charge in [-0.05, 0) is 43.0 Å². The van der Waals surface area contributed by atoms with Crippen LogP contribution >= 0.6 is 23.2 Å². The Morgan fingerprint density at radius 2 is 2.15 bits per heavy atom. The van der Waals surface area contributed by atoms with Crippen molar-refractivity contribution in [2.24, 2.45) is 0 Å². The van der Waals surface area contributed by atoms with Gasteiger partial charge in [0.05, 0.1) is 29.6 Å². The first-order valence-corrected chi connectivity index (χ1v) is 9.66. The fraction of sp³-hybridized carbons (Fsp3) is 0.400. The summed E-state index contributed by atoms with van der Waals surface area (Å²) in [6, 6.07) is 6.60. The van der Waals surface area contributed by atoms with Gasteiger partial charge in [0.25, 0.3) is 0 Å². The number of benzene rings is 1. The van der Waals surface area contributed by atoms with E-state index in [-0.39, 0.29) is 18.4 Å². The van der Waals surface area contributed by atoms with E-state index in [4.69, 9.17) is 27.9 Å². The summed E-state index contributed by atoms with van der Waals surface area (Å²) >= 11 is 12.0. The lowest BCUT2D eigenvalue weighted by atomic mass is 9.92. The minimum atomic E-state index is -0.855. The number of hydrogen-bond donors (Lipinski definition) is 1. The number of nitrogens with zero attached hydrogens (tertiary/aromatic N) is 2. The summed E-state index contributed by atoms with van der Waals surface area (Å²) in [6.07, 6.45) is 5.17. The molecule has 1 aliphatic heterocycles. The maximum atomic E-state index is 13.0. The number of amides is 1. The van der Waals surface area contributed by atoms with Gasteiger partial charge in [-0.1, -0.05) is 29.3 Å². The van der Waals surface area contributed by atoms with Crippen LogP contribution in [0.5, 0.6) is 5.75 Å². The quantitative estimate of drug-likeness (QED) is 0.809. The van der Waals surface area contributed by atoms with E-state index in [1.165, 1.54) is 0 Å². The van der Waals surface area contributed by atoms with Gasteiger partial charge in [-0.25, -0.2) is 0 Å². The van der Waals surface area contributed by atoms with Gasteiger partial charge in [-0.2, -0.15) is 0 Å². The number of carbonyl (C=O) groups is 1. The monoisotopic (exact) mass is 408 g/mol. The molecule has 1 aliphatic rings. The lowest BCUT2D eigenvalue weighted by Gasteiger charge is -2.39. The number of rotatable bonds is 5. The highest BCUT2D eigenvalue weighted by Gasteiger charge is 2.34.